The Labute approximate surface area is 240 Å². The average molecular weight is 578 g/mol. The van der Waals surface area contributed by atoms with Gasteiger partial charge in [0.05, 0.1) is 11.2 Å². The first-order valence-electron chi connectivity index (χ1n) is 13.1. The van der Waals surface area contributed by atoms with Crippen LogP contribution in [0.15, 0.2) is 60.8 Å². The first-order chi connectivity index (χ1) is 19.8. The van der Waals surface area contributed by atoms with Crippen LogP contribution in [0.25, 0.3) is 11.4 Å². The second kappa shape index (κ2) is 10.9. The monoisotopic (exact) mass is 577 g/mol. The molecule has 6 rings (SSSR count). The Balaban J connectivity index is 1.12. The number of carbonyl (C=O) groups is 2. The summed E-state index contributed by atoms with van der Waals surface area (Å²) >= 11 is 6.05. The fourth-order valence-electron chi connectivity index (χ4n) is 5.23. The van der Waals surface area contributed by atoms with Gasteiger partial charge in [-0.05, 0) is 35.4 Å². The van der Waals surface area contributed by atoms with Crippen LogP contribution in [0, 0.1) is 11.6 Å². The second-order valence-corrected chi connectivity index (χ2v) is 10.5. The van der Waals surface area contributed by atoms with Gasteiger partial charge in [-0.3, -0.25) is 19.9 Å². The number of hydrogen-bond acceptors (Lipinski definition) is 5. The molecule has 1 N–H and O–H groups in total. The van der Waals surface area contributed by atoms with Crippen LogP contribution >= 0.6 is 11.6 Å². The fraction of sp³-hybridized carbons (Fsp3) is 0.233. The van der Waals surface area contributed by atoms with Crippen LogP contribution in [0.2, 0.25) is 5.02 Å². The van der Waals surface area contributed by atoms with Crippen LogP contribution in [0.3, 0.4) is 0 Å². The molecule has 0 atom stereocenters. The van der Waals surface area contributed by atoms with Crippen molar-refractivity contribution in [1.29, 1.82) is 0 Å². The van der Waals surface area contributed by atoms with Gasteiger partial charge in [-0.1, -0.05) is 35.9 Å². The quantitative estimate of drug-likeness (QED) is 0.311. The minimum atomic E-state index is -0.471. The van der Waals surface area contributed by atoms with E-state index in [1.165, 1.54) is 23.1 Å². The van der Waals surface area contributed by atoms with Gasteiger partial charge in [-0.15, -0.1) is 0 Å². The van der Waals surface area contributed by atoms with Gasteiger partial charge < -0.3 is 9.30 Å². The van der Waals surface area contributed by atoms with Gasteiger partial charge in [0.15, 0.2) is 0 Å². The zero-order valence-electron chi connectivity index (χ0n) is 22.2. The summed E-state index contributed by atoms with van der Waals surface area (Å²) in [6.07, 6.45) is 1.87. The van der Waals surface area contributed by atoms with E-state index in [9.17, 15) is 18.4 Å². The van der Waals surface area contributed by atoms with E-state index in [0.29, 0.717) is 49.1 Å². The van der Waals surface area contributed by atoms with Crippen LogP contribution in [0.5, 0.6) is 5.75 Å². The van der Waals surface area contributed by atoms with Crippen LogP contribution < -0.4 is 15.0 Å². The number of imide groups is 1. The number of amides is 3. The predicted molar refractivity (Wildman–Crippen MR) is 149 cm³/mol. The molecule has 2 aliphatic heterocycles. The van der Waals surface area contributed by atoms with E-state index in [1.807, 2.05) is 23.7 Å². The van der Waals surface area contributed by atoms with Gasteiger partial charge in [0.2, 0.25) is 5.91 Å². The predicted octanol–water partition coefficient (Wildman–Crippen LogP) is 5.56. The zero-order chi connectivity index (χ0) is 28.7. The number of carbonyl (C=O) groups excluding carboxylic acids is 2. The maximum absolute atomic E-state index is 15.0. The van der Waals surface area contributed by atoms with Crippen molar-refractivity contribution >= 4 is 29.4 Å². The van der Waals surface area contributed by atoms with E-state index in [2.05, 4.69) is 21.3 Å². The lowest BCUT2D eigenvalue weighted by Gasteiger charge is -2.26. The molecule has 3 heterocycles. The van der Waals surface area contributed by atoms with Gasteiger partial charge in [-0.2, -0.15) is 0 Å². The third kappa shape index (κ3) is 5.40. The normalized spacial score (nSPS) is 15.3. The Morgan fingerprint density at radius 2 is 1.85 bits per heavy atom. The lowest BCUT2D eigenvalue weighted by atomic mass is 10.1. The van der Waals surface area contributed by atoms with Gasteiger partial charge in [0.25, 0.3) is 0 Å². The number of aromatic nitrogens is 2. The van der Waals surface area contributed by atoms with Crippen molar-refractivity contribution in [3.8, 4) is 17.1 Å². The number of urea groups is 1. The topological polar surface area (TPSA) is 79.7 Å². The molecule has 11 heteroatoms. The Bertz CT molecular complexity index is 1650. The minimum absolute atomic E-state index is 0.101. The molecule has 1 fully saturated rings. The molecule has 210 valence electrons. The van der Waals surface area contributed by atoms with Crippen molar-refractivity contribution in [2.24, 2.45) is 7.05 Å². The number of nitrogens with zero attached hydrogens (tertiary/aromatic N) is 4. The standard InChI is InChI=1S/C30H26ClF2N5O3/c1-36-28(38-10-9-27(39)35-30(38)40)13-34-29(36)18-5-6-19-14-37(16-21(19)11-18)15-20-7-8-22(12-26(20)33)41-17-23-24(31)3-2-4-25(23)32/h2-8,11-13H,9-10,14-17H2,1H3,(H,35,39,40). The number of hydrogen-bond donors (Lipinski definition) is 1. The molecule has 8 nitrogen and oxygen atoms in total. The summed E-state index contributed by atoms with van der Waals surface area (Å²) < 4.78 is 36.4. The van der Waals surface area contributed by atoms with Gasteiger partial charge in [0, 0.05) is 62.4 Å². The first kappa shape index (κ1) is 26.9. The van der Waals surface area contributed by atoms with Crippen molar-refractivity contribution in [2.45, 2.75) is 32.7 Å². The molecule has 0 bridgehead atoms. The molecule has 4 aromatic rings. The number of fused-ring (bicyclic) bond motifs is 1. The summed E-state index contributed by atoms with van der Waals surface area (Å²) in [7, 11) is 1.84. The van der Waals surface area contributed by atoms with Gasteiger partial charge in [0.1, 0.15) is 35.6 Å². The van der Waals surface area contributed by atoms with Crippen molar-refractivity contribution in [1.82, 2.24) is 19.8 Å². The number of halogens is 3. The lowest BCUT2D eigenvalue weighted by molar-refractivity contribution is -0.120. The largest absolute Gasteiger partial charge is 0.489 e. The van der Waals surface area contributed by atoms with Crippen LogP contribution in [0.4, 0.5) is 19.4 Å². The number of benzene rings is 3. The molecule has 0 radical (unpaired) electrons. The highest BCUT2D eigenvalue weighted by Gasteiger charge is 2.28. The Morgan fingerprint density at radius 3 is 2.63 bits per heavy atom. The second-order valence-electron chi connectivity index (χ2n) is 10.1. The molecular weight excluding hydrogens is 552 g/mol. The molecule has 3 amide bonds. The molecule has 0 saturated carbocycles. The lowest BCUT2D eigenvalue weighted by Crippen LogP contribution is -2.50. The average Bonchev–Trinajstić information content (AvgIpc) is 3.52. The maximum atomic E-state index is 15.0. The number of ether oxygens (including phenoxy) is 1. The van der Waals surface area contributed by atoms with Crippen LogP contribution in [-0.2, 0) is 38.1 Å². The van der Waals surface area contributed by atoms with E-state index in [4.69, 9.17) is 16.3 Å². The summed E-state index contributed by atoms with van der Waals surface area (Å²) in [6, 6.07) is 14.7. The third-order valence-corrected chi connectivity index (χ3v) is 7.76. The van der Waals surface area contributed by atoms with Crippen molar-refractivity contribution in [2.75, 3.05) is 11.4 Å². The molecular formula is C30H26ClF2N5O3. The molecule has 0 unspecified atom stereocenters. The minimum Gasteiger partial charge on any atom is -0.489 e. The van der Waals surface area contributed by atoms with E-state index < -0.39 is 17.7 Å². The highest BCUT2D eigenvalue weighted by atomic mass is 35.5. The number of anilines is 1. The zero-order valence-corrected chi connectivity index (χ0v) is 22.9. The highest BCUT2D eigenvalue weighted by molar-refractivity contribution is 6.31. The van der Waals surface area contributed by atoms with E-state index in [-0.39, 0.29) is 29.5 Å². The third-order valence-electron chi connectivity index (χ3n) is 7.41. The molecule has 0 spiro atoms. The summed E-state index contributed by atoms with van der Waals surface area (Å²) in [4.78, 5) is 32.0. The first-order valence-corrected chi connectivity index (χ1v) is 13.5. The SMILES string of the molecule is Cn1c(N2CCC(=O)NC2=O)cnc1-c1ccc2c(c1)CN(Cc1ccc(OCc3c(F)cccc3Cl)cc1F)C2. The van der Waals surface area contributed by atoms with Crippen molar-refractivity contribution in [3.63, 3.8) is 0 Å². The summed E-state index contributed by atoms with van der Waals surface area (Å²) in [5, 5.41) is 2.59. The molecule has 1 aromatic heterocycles. The van der Waals surface area contributed by atoms with Crippen molar-refractivity contribution < 1.29 is 23.1 Å². The smallest absolute Gasteiger partial charge is 0.329 e. The fourth-order valence-corrected chi connectivity index (χ4v) is 5.45. The van der Waals surface area contributed by atoms with Gasteiger partial charge in [-0.25, -0.2) is 18.6 Å². The molecule has 1 saturated heterocycles. The summed E-state index contributed by atoms with van der Waals surface area (Å²) in [5.74, 6) is 0.440. The van der Waals surface area contributed by atoms with Crippen molar-refractivity contribution in [3.05, 3.63) is 99.7 Å². The Morgan fingerprint density at radius 1 is 1.02 bits per heavy atom. The summed E-state index contributed by atoms with van der Waals surface area (Å²) in [5.41, 5.74) is 3.93. The van der Waals surface area contributed by atoms with E-state index >= 15 is 0 Å². The highest BCUT2D eigenvalue weighted by Crippen LogP contribution is 2.31. The molecule has 41 heavy (non-hydrogen) atoms. The maximum Gasteiger partial charge on any atom is 0.329 e. The number of imidazole rings is 1. The number of nitrogens with one attached hydrogen (secondary N) is 1. The summed E-state index contributed by atoms with van der Waals surface area (Å²) in [6.45, 7) is 1.92. The Kier molecular flexibility index (Phi) is 7.19. The molecule has 0 aliphatic carbocycles. The molecule has 2 aliphatic rings. The number of rotatable bonds is 7. The van der Waals surface area contributed by atoms with E-state index in [0.717, 1.165) is 16.7 Å². The van der Waals surface area contributed by atoms with Crippen LogP contribution in [0.1, 0.15) is 28.7 Å². The molecule has 3 aromatic carbocycles. The van der Waals surface area contributed by atoms with Crippen LogP contribution in [-0.4, -0.2) is 32.9 Å². The van der Waals surface area contributed by atoms with E-state index in [1.54, 1.807) is 24.4 Å². The van der Waals surface area contributed by atoms with Gasteiger partial charge >= 0.3 is 6.03 Å². The Hall–Kier alpha value is -4.28.